The second-order valence-electron chi connectivity index (χ2n) is 9.58. The van der Waals surface area contributed by atoms with Crippen molar-refractivity contribution in [1.82, 2.24) is 14.9 Å². The summed E-state index contributed by atoms with van der Waals surface area (Å²) >= 11 is 0. The van der Waals surface area contributed by atoms with Gasteiger partial charge in [-0.1, -0.05) is 50.3 Å². The number of rotatable bonds is 6. The normalized spacial score (nSPS) is 21.7. The number of carbonyl (C=O) groups is 1. The van der Waals surface area contributed by atoms with E-state index in [-0.39, 0.29) is 24.1 Å². The van der Waals surface area contributed by atoms with E-state index in [1.807, 2.05) is 0 Å². The van der Waals surface area contributed by atoms with Crippen LogP contribution >= 0.6 is 0 Å². The number of allylic oxidation sites excluding steroid dienone is 3. The Labute approximate surface area is 202 Å². The largest absolute Gasteiger partial charge is 0.447 e. The molecular formula is C27H35N5O2. The first-order valence-electron chi connectivity index (χ1n) is 12.0. The SMILES string of the molecule is CC1=C(c2ccc(C(C)Nc3nccc(N4C(=O)OCC4C(C)C)n3)cc2)C=CCC(C)N1C. The summed E-state index contributed by atoms with van der Waals surface area (Å²) in [7, 11) is 2.16. The molecule has 0 spiro atoms. The summed E-state index contributed by atoms with van der Waals surface area (Å²) in [4.78, 5) is 25.3. The zero-order chi connectivity index (χ0) is 24.4. The van der Waals surface area contributed by atoms with Crippen LogP contribution in [0.1, 0.15) is 58.2 Å². The Balaban J connectivity index is 1.50. The maximum Gasteiger partial charge on any atom is 0.415 e. The van der Waals surface area contributed by atoms with Crippen LogP contribution in [0.2, 0.25) is 0 Å². The molecule has 3 unspecified atom stereocenters. The Morgan fingerprint density at radius 2 is 1.88 bits per heavy atom. The number of hydrogen-bond acceptors (Lipinski definition) is 6. The van der Waals surface area contributed by atoms with Gasteiger partial charge in [0, 0.05) is 30.6 Å². The van der Waals surface area contributed by atoms with E-state index < -0.39 is 0 Å². The Morgan fingerprint density at radius 1 is 1.15 bits per heavy atom. The number of anilines is 2. The van der Waals surface area contributed by atoms with E-state index in [0.717, 1.165) is 12.0 Å². The first kappa shape index (κ1) is 23.8. The van der Waals surface area contributed by atoms with E-state index in [1.54, 1.807) is 17.2 Å². The van der Waals surface area contributed by atoms with Gasteiger partial charge in [0.25, 0.3) is 0 Å². The number of hydrogen-bond donors (Lipinski definition) is 1. The van der Waals surface area contributed by atoms with Crippen LogP contribution in [0.3, 0.4) is 0 Å². The van der Waals surface area contributed by atoms with E-state index in [0.29, 0.717) is 24.4 Å². The van der Waals surface area contributed by atoms with Gasteiger partial charge in [-0.2, -0.15) is 4.98 Å². The summed E-state index contributed by atoms with van der Waals surface area (Å²) in [6, 6.07) is 10.8. The summed E-state index contributed by atoms with van der Waals surface area (Å²) in [6.45, 7) is 11.0. The molecule has 2 aromatic rings. The standard InChI is InChI=1S/C27H35N5O2/c1-17(2)24-16-34-27(33)32(24)25-14-15-28-26(30-25)29-19(4)21-10-12-22(13-11-21)23-9-7-8-18(3)31(6)20(23)5/h7,9-15,17-19,24H,8,16H2,1-6H3,(H,28,29,30). The van der Waals surface area contributed by atoms with Gasteiger partial charge in [-0.25, -0.2) is 9.78 Å². The van der Waals surface area contributed by atoms with Crippen molar-refractivity contribution >= 4 is 23.4 Å². The summed E-state index contributed by atoms with van der Waals surface area (Å²) in [5.41, 5.74) is 4.88. The molecule has 0 bridgehead atoms. The first-order valence-corrected chi connectivity index (χ1v) is 12.0. The Bertz CT molecular complexity index is 1090. The highest BCUT2D eigenvalue weighted by Gasteiger charge is 2.37. The van der Waals surface area contributed by atoms with Crippen LogP contribution in [-0.2, 0) is 4.74 Å². The number of nitrogens with one attached hydrogen (secondary N) is 1. The van der Waals surface area contributed by atoms with E-state index in [2.05, 4.69) is 98.3 Å². The molecule has 3 heterocycles. The van der Waals surface area contributed by atoms with Crippen molar-refractivity contribution in [3.05, 3.63) is 65.5 Å². The molecule has 0 radical (unpaired) electrons. The maximum absolute atomic E-state index is 12.3. The molecule has 1 aromatic carbocycles. The first-order chi connectivity index (χ1) is 16.3. The minimum absolute atomic E-state index is 0.00169. The molecule has 34 heavy (non-hydrogen) atoms. The monoisotopic (exact) mass is 461 g/mol. The van der Waals surface area contributed by atoms with Gasteiger partial charge < -0.3 is 15.0 Å². The topological polar surface area (TPSA) is 70.6 Å². The number of amides is 1. The molecule has 1 amide bonds. The van der Waals surface area contributed by atoms with Crippen LogP contribution in [0, 0.1) is 5.92 Å². The van der Waals surface area contributed by atoms with Crippen LogP contribution in [-0.4, -0.2) is 46.7 Å². The van der Waals surface area contributed by atoms with Gasteiger partial charge >= 0.3 is 6.09 Å². The fourth-order valence-corrected chi connectivity index (χ4v) is 4.46. The molecule has 7 heteroatoms. The van der Waals surface area contributed by atoms with Crippen molar-refractivity contribution in [2.75, 3.05) is 23.9 Å². The highest BCUT2D eigenvalue weighted by atomic mass is 16.6. The van der Waals surface area contributed by atoms with E-state index in [1.165, 1.54) is 16.8 Å². The second-order valence-corrected chi connectivity index (χ2v) is 9.58. The van der Waals surface area contributed by atoms with Crippen molar-refractivity contribution < 1.29 is 9.53 Å². The highest BCUT2D eigenvalue weighted by Crippen LogP contribution is 2.29. The number of benzene rings is 1. The molecule has 1 fully saturated rings. The molecule has 1 saturated heterocycles. The zero-order valence-electron chi connectivity index (χ0n) is 20.9. The predicted octanol–water partition coefficient (Wildman–Crippen LogP) is 5.64. The number of cyclic esters (lactones) is 1. The molecule has 0 saturated carbocycles. The number of nitrogens with zero attached hydrogens (tertiary/aromatic N) is 4. The molecule has 180 valence electrons. The van der Waals surface area contributed by atoms with E-state index in [4.69, 9.17) is 4.74 Å². The molecule has 1 aromatic heterocycles. The lowest BCUT2D eigenvalue weighted by Gasteiger charge is -2.27. The molecule has 3 atom stereocenters. The minimum atomic E-state index is -0.357. The van der Waals surface area contributed by atoms with Crippen LogP contribution < -0.4 is 10.2 Å². The third-order valence-corrected chi connectivity index (χ3v) is 6.97. The third kappa shape index (κ3) is 4.79. The zero-order valence-corrected chi connectivity index (χ0v) is 20.9. The molecule has 1 N–H and O–H groups in total. The van der Waals surface area contributed by atoms with Crippen LogP contribution in [0.5, 0.6) is 0 Å². The second kappa shape index (κ2) is 9.87. The van der Waals surface area contributed by atoms with Crippen molar-refractivity contribution in [3.63, 3.8) is 0 Å². The summed E-state index contributed by atoms with van der Waals surface area (Å²) in [5.74, 6) is 1.31. The molecule has 0 aliphatic carbocycles. The Kier molecular flexibility index (Phi) is 6.91. The number of ether oxygens (including phenoxy) is 1. The highest BCUT2D eigenvalue weighted by molar-refractivity contribution is 5.89. The maximum atomic E-state index is 12.3. The quantitative estimate of drug-likeness (QED) is 0.600. The summed E-state index contributed by atoms with van der Waals surface area (Å²) in [6.07, 6.45) is 6.86. The van der Waals surface area contributed by atoms with Gasteiger partial charge in [0.1, 0.15) is 12.4 Å². The van der Waals surface area contributed by atoms with Gasteiger partial charge in [0.2, 0.25) is 5.95 Å². The average Bonchev–Trinajstić information content (AvgIpc) is 3.17. The third-order valence-electron chi connectivity index (χ3n) is 6.97. The number of aromatic nitrogens is 2. The van der Waals surface area contributed by atoms with Crippen molar-refractivity contribution in [3.8, 4) is 0 Å². The van der Waals surface area contributed by atoms with E-state index >= 15 is 0 Å². The molecule has 7 nitrogen and oxygen atoms in total. The summed E-state index contributed by atoms with van der Waals surface area (Å²) < 4.78 is 5.27. The van der Waals surface area contributed by atoms with Crippen molar-refractivity contribution in [1.29, 1.82) is 0 Å². The van der Waals surface area contributed by atoms with Gasteiger partial charge in [-0.05, 0) is 50.3 Å². The predicted molar refractivity (Wildman–Crippen MR) is 137 cm³/mol. The van der Waals surface area contributed by atoms with Gasteiger partial charge in [0.05, 0.1) is 12.1 Å². The molecular weight excluding hydrogens is 426 g/mol. The number of carbonyl (C=O) groups excluding carboxylic acids is 1. The molecule has 2 aliphatic heterocycles. The van der Waals surface area contributed by atoms with E-state index in [9.17, 15) is 4.79 Å². The Morgan fingerprint density at radius 3 is 2.59 bits per heavy atom. The van der Waals surface area contributed by atoms with Crippen LogP contribution in [0.15, 0.2) is 54.4 Å². The molecule has 2 aliphatic rings. The smallest absolute Gasteiger partial charge is 0.415 e. The van der Waals surface area contributed by atoms with Crippen LogP contribution in [0.25, 0.3) is 5.57 Å². The van der Waals surface area contributed by atoms with Crippen molar-refractivity contribution in [2.45, 2.75) is 59.2 Å². The summed E-state index contributed by atoms with van der Waals surface area (Å²) in [5, 5.41) is 3.38. The average molecular weight is 462 g/mol. The lowest BCUT2D eigenvalue weighted by molar-refractivity contribution is 0.177. The fraction of sp³-hybridized carbons (Fsp3) is 0.444. The van der Waals surface area contributed by atoms with Crippen molar-refractivity contribution in [2.24, 2.45) is 5.92 Å². The van der Waals surface area contributed by atoms with Gasteiger partial charge in [0.15, 0.2) is 0 Å². The Hall–Kier alpha value is -3.35. The lowest BCUT2D eigenvalue weighted by Crippen LogP contribution is -2.37. The van der Waals surface area contributed by atoms with Gasteiger partial charge in [-0.3, -0.25) is 4.90 Å². The lowest BCUT2D eigenvalue weighted by atomic mass is 9.99. The van der Waals surface area contributed by atoms with Gasteiger partial charge in [-0.15, -0.1) is 0 Å². The molecule has 4 rings (SSSR count). The fourth-order valence-electron chi connectivity index (χ4n) is 4.46. The minimum Gasteiger partial charge on any atom is -0.447 e. The van der Waals surface area contributed by atoms with Crippen LogP contribution in [0.4, 0.5) is 16.6 Å².